The maximum Gasteiger partial charge on any atom is 0.182 e. The Morgan fingerprint density at radius 1 is 1.30 bits per heavy atom. The molecule has 1 aliphatic heterocycles. The predicted molar refractivity (Wildman–Crippen MR) is 41.8 cm³/mol. The Morgan fingerprint density at radius 3 is 2.40 bits per heavy atom. The number of hydrogen-bond donors (Lipinski definition) is 3. The van der Waals surface area contributed by atoms with Crippen molar-refractivity contribution < 1.29 is 20.1 Å². The Bertz CT molecular complexity index is 106. The van der Waals surface area contributed by atoms with Crippen LogP contribution in [0.15, 0.2) is 0 Å². The molecule has 1 rings (SSSR count). The normalized spacial score (nSPS) is 49.2. The summed E-state index contributed by atoms with van der Waals surface area (Å²) in [5.41, 5.74) is 0. The molecule has 0 radical (unpaired) electrons. The Kier molecular flexibility index (Phi) is 2.87. The molecule has 0 aromatic carbocycles. The van der Waals surface area contributed by atoms with Gasteiger partial charge in [0, 0.05) is 0 Å². The fourth-order valence-corrected chi connectivity index (χ4v) is 1.34. The molecule has 1 fully saturated rings. The maximum atomic E-state index is 9.07. The number of hydrogen-bond acceptors (Lipinski definition) is 4. The van der Waals surface area contributed by atoms with Crippen LogP contribution in [0, 0.1) is 0 Å². The highest BCUT2D eigenvalue weighted by atomic mass is 127. The van der Waals surface area contributed by atoms with E-state index >= 15 is 0 Å². The molecular weight excluding hydrogens is 251 g/mol. The Labute approximate surface area is 72.0 Å². The SMILES string of the molecule is O[C@H]1[C@H](I)[C@H](O)CO[C@@H]1O. The fourth-order valence-electron chi connectivity index (χ4n) is 0.773. The highest BCUT2D eigenvalue weighted by Gasteiger charge is 2.35. The molecule has 3 N–H and O–H groups in total. The van der Waals surface area contributed by atoms with Crippen LogP contribution in [0.3, 0.4) is 0 Å². The van der Waals surface area contributed by atoms with Crippen molar-refractivity contribution >= 4 is 22.6 Å². The summed E-state index contributed by atoms with van der Waals surface area (Å²) in [7, 11) is 0. The smallest absolute Gasteiger partial charge is 0.182 e. The van der Waals surface area contributed by atoms with Gasteiger partial charge in [0.2, 0.25) is 0 Å². The Balaban J connectivity index is 2.52. The number of ether oxygens (including phenoxy) is 1. The molecule has 1 heterocycles. The predicted octanol–water partition coefficient (Wildman–Crippen LogP) is -1.14. The standard InChI is InChI=1S/C5H9IO4/c6-3-2(7)1-10-5(9)4(3)8/h2-5,7-9H,1H2/t2-,3-,4+,5+/m1/s1. The molecule has 0 aliphatic carbocycles. The zero-order chi connectivity index (χ0) is 7.72. The summed E-state index contributed by atoms with van der Waals surface area (Å²) in [5, 5.41) is 27.0. The van der Waals surface area contributed by atoms with Crippen LogP contribution in [0.1, 0.15) is 0 Å². The molecule has 1 aliphatic rings. The van der Waals surface area contributed by atoms with Gasteiger partial charge in [-0.25, -0.2) is 0 Å². The van der Waals surface area contributed by atoms with Crippen LogP contribution < -0.4 is 0 Å². The molecule has 60 valence electrons. The van der Waals surface area contributed by atoms with E-state index in [1.54, 1.807) is 0 Å². The molecule has 0 aromatic rings. The molecule has 4 atom stereocenters. The summed E-state index contributed by atoms with van der Waals surface area (Å²) in [5.74, 6) is 0. The van der Waals surface area contributed by atoms with Gasteiger partial charge in [0.1, 0.15) is 6.10 Å². The van der Waals surface area contributed by atoms with Crippen molar-refractivity contribution in [2.45, 2.75) is 22.4 Å². The maximum absolute atomic E-state index is 9.07. The van der Waals surface area contributed by atoms with E-state index in [-0.39, 0.29) is 10.5 Å². The lowest BCUT2D eigenvalue weighted by Gasteiger charge is -2.31. The number of aliphatic hydroxyl groups excluding tert-OH is 3. The molecule has 0 bridgehead atoms. The largest absolute Gasteiger partial charge is 0.390 e. The van der Waals surface area contributed by atoms with E-state index in [0.29, 0.717) is 0 Å². The monoisotopic (exact) mass is 260 g/mol. The van der Waals surface area contributed by atoms with Gasteiger partial charge in [-0.2, -0.15) is 0 Å². The summed E-state index contributed by atoms with van der Waals surface area (Å²) < 4.78 is 4.28. The number of alkyl halides is 1. The lowest BCUT2D eigenvalue weighted by atomic mass is 10.1. The van der Waals surface area contributed by atoms with E-state index in [1.165, 1.54) is 0 Å². The molecule has 5 heteroatoms. The van der Waals surface area contributed by atoms with Crippen molar-refractivity contribution in [1.82, 2.24) is 0 Å². The van der Waals surface area contributed by atoms with Crippen LogP contribution in [-0.2, 0) is 4.74 Å². The summed E-state index contributed by atoms with van der Waals surface area (Å²) in [6.45, 7) is 0.0891. The van der Waals surface area contributed by atoms with Crippen LogP contribution in [0.4, 0.5) is 0 Å². The minimum Gasteiger partial charge on any atom is -0.390 e. The lowest BCUT2D eigenvalue weighted by Crippen LogP contribution is -2.49. The van der Waals surface area contributed by atoms with Crippen molar-refractivity contribution in [3.8, 4) is 0 Å². The van der Waals surface area contributed by atoms with Crippen molar-refractivity contribution in [3.63, 3.8) is 0 Å². The minimum atomic E-state index is -1.15. The van der Waals surface area contributed by atoms with Gasteiger partial charge in [-0.3, -0.25) is 0 Å². The number of halogens is 1. The van der Waals surface area contributed by atoms with Gasteiger partial charge in [0.05, 0.1) is 16.6 Å². The van der Waals surface area contributed by atoms with E-state index in [0.717, 1.165) is 0 Å². The molecule has 1 saturated heterocycles. The quantitative estimate of drug-likeness (QED) is 0.380. The second-order valence-corrected chi connectivity index (χ2v) is 3.66. The molecular formula is C5H9IO4. The Morgan fingerprint density at radius 2 is 1.90 bits per heavy atom. The zero-order valence-electron chi connectivity index (χ0n) is 5.14. The first-order valence-electron chi connectivity index (χ1n) is 2.93. The van der Waals surface area contributed by atoms with Gasteiger partial charge in [0.25, 0.3) is 0 Å². The third-order valence-corrected chi connectivity index (χ3v) is 2.99. The first kappa shape index (κ1) is 8.66. The molecule has 0 aromatic heterocycles. The summed E-state index contributed by atoms with van der Waals surface area (Å²) in [6, 6.07) is 0. The van der Waals surface area contributed by atoms with Crippen LogP contribution in [0.25, 0.3) is 0 Å². The molecule has 4 nitrogen and oxygen atoms in total. The molecule has 0 amide bonds. The van der Waals surface area contributed by atoms with Crippen LogP contribution in [0.2, 0.25) is 0 Å². The molecule has 0 saturated carbocycles. The van der Waals surface area contributed by atoms with E-state index in [9.17, 15) is 0 Å². The zero-order valence-corrected chi connectivity index (χ0v) is 7.30. The summed E-state index contributed by atoms with van der Waals surface area (Å²) in [6.07, 6.45) is -2.81. The van der Waals surface area contributed by atoms with Crippen molar-refractivity contribution in [2.24, 2.45) is 0 Å². The molecule has 0 spiro atoms. The highest BCUT2D eigenvalue weighted by molar-refractivity contribution is 14.1. The van der Waals surface area contributed by atoms with E-state index in [2.05, 4.69) is 4.74 Å². The number of rotatable bonds is 0. The first-order valence-corrected chi connectivity index (χ1v) is 4.17. The van der Waals surface area contributed by atoms with E-state index in [4.69, 9.17) is 15.3 Å². The summed E-state index contributed by atoms with van der Waals surface area (Å²) in [4.78, 5) is 0. The second kappa shape index (κ2) is 3.31. The Hall–Kier alpha value is 0.570. The van der Waals surface area contributed by atoms with Crippen LogP contribution >= 0.6 is 22.6 Å². The number of aliphatic hydroxyl groups is 3. The fraction of sp³-hybridized carbons (Fsp3) is 1.00. The van der Waals surface area contributed by atoms with Crippen LogP contribution in [-0.4, -0.2) is 44.3 Å². The van der Waals surface area contributed by atoms with Gasteiger partial charge in [-0.05, 0) is 0 Å². The minimum absolute atomic E-state index is 0.0891. The van der Waals surface area contributed by atoms with Crippen LogP contribution in [0.5, 0.6) is 0 Å². The van der Waals surface area contributed by atoms with Crippen molar-refractivity contribution in [2.75, 3.05) is 6.61 Å². The average molecular weight is 260 g/mol. The third-order valence-electron chi connectivity index (χ3n) is 1.42. The third kappa shape index (κ3) is 1.59. The topological polar surface area (TPSA) is 69.9 Å². The van der Waals surface area contributed by atoms with Gasteiger partial charge in [-0.1, -0.05) is 22.6 Å². The van der Waals surface area contributed by atoms with E-state index in [1.807, 2.05) is 22.6 Å². The van der Waals surface area contributed by atoms with Gasteiger partial charge >= 0.3 is 0 Å². The highest BCUT2D eigenvalue weighted by Crippen LogP contribution is 2.20. The van der Waals surface area contributed by atoms with Gasteiger partial charge in [0.15, 0.2) is 6.29 Å². The first-order chi connectivity index (χ1) is 4.63. The van der Waals surface area contributed by atoms with Gasteiger partial charge < -0.3 is 20.1 Å². The lowest BCUT2D eigenvalue weighted by molar-refractivity contribution is -0.205. The molecule has 10 heavy (non-hydrogen) atoms. The second-order valence-electron chi connectivity index (χ2n) is 2.23. The van der Waals surface area contributed by atoms with Gasteiger partial charge in [-0.15, -0.1) is 0 Å². The van der Waals surface area contributed by atoms with E-state index < -0.39 is 18.5 Å². The van der Waals surface area contributed by atoms with Crippen molar-refractivity contribution in [3.05, 3.63) is 0 Å². The molecule has 0 unspecified atom stereocenters. The average Bonchev–Trinajstić information content (AvgIpc) is 1.93. The summed E-state index contributed by atoms with van der Waals surface area (Å²) >= 11 is 1.88. The van der Waals surface area contributed by atoms with Crippen molar-refractivity contribution in [1.29, 1.82) is 0 Å².